The van der Waals surface area contributed by atoms with Crippen LogP contribution in [0.1, 0.15) is 25.6 Å². The van der Waals surface area contributed by atoms with Crippen LogP contribution < -0.4 is 5.32 Å². The molecular weight excluding hydrogens is 258 g/mol. The highest BCUT2D eigenvalue weighted by atomic mass is 79.9. The molecule has 0 radical (unpaired) electrons. The van der Waals surface area contributed by atoms with E-state index in [1.165, 1.54) is 0 Å². The van der Waals surface area contributed by atoms with Gasteiger partial charge in [-0.25, -0.2) is 0 Å². The molecule has 0 saturated heterocycles. The maximum Gasteiger partial charge on any atom is 0.0740 e. The molecule has 1 N–H and O–H groups in total. The van der Waals surface area contributed by atoms with Crippen molar-refractivity contribution in [1.82, 2.24) is 15.1 Å². The maximum atomic E-state index is 5.46. The van der Waals surface area contributed by atoms with Crippen molar-refractivity contribution in [2.45, 2.75) is 19.9 Å². The molecule has 1 aromatic heterocycles. The zero-order valence-electron chi connectivity index (χ0n) is 9.46. The fourth-order valence-electron chi connectivity index (χ4n) is 1.53. The highest BCUT2D eigenvalue weighted by molar-refractivity contribution is 9.10. The number of halogens is 1. The van der Waals surface area contributed by atoms with Crippen LogP contribution in [-0.4, -0.2) is 29.5 Å². The number of ether oxygens (including phenoxy) is 1. The van der Waals surface area contributed by atoms with Crippen LogP contribution in [0, 0.1) is 0 Å². The molecule has 0 aliphatic heterocycles. The van der Waals surface area contributed by atoms with Crippen molar-refractivity contribution in [3.05, 3.63) is 16.4 Å². The smallest absolute Gasteiger partial charge is 0.0740 e. The molecule has 0 aliphatic rings. The number of rotatable bonds is 6. The van der Waals surface area contributed by atoms with Gasteiger partial charge in [0.1, 0.15) is 0 Å². The predicted molar refractivity (Wildman–Crippen MR) is 63.8 cm³/mol. The minimum absolute atomic E-state index is 0.192. The number of nitrogens with zero attached hydrogens (tertiary/aromatic N) is 2. The number of aromatic nitrogens is 2. The summed E-state index contributed by atoms with van der Waals surface area (Å²) in [7, 11) is 1.94. The van der Waals surface area contributed by atoms with Crippen molar-refractivity contribution in [3.8, 4) is 0 Å². The van der Waals surface area contributed by atoms with E-state index in [4.69, 9.17) is 4.74 Å². The molecular formula is C10H18BrN3O. The van der Waals surface area contributed by atoms with E-state index >= 15 is 0 Å². The minimum atomic E-state index is 0.192. The van der Waals surface area contributed by atoms with Gasteiger partial charge < -0.3 is 10.1 Å². The second-order valence-corrected chi connectivity index (χ2v) is 4.13. The Balaban J connectivity index is 2.78. The van der Waals surface area contributed by atoms with E-state index < -0.39 is 0 Å². The average Bonchev–Trinajstić information content (AvgIpc) is 2.54. The third kappa shape index (κ3) is 3.29. The van der Waals surface area contributed by atoms with Crippen molar-refractivity contribution in [2.75, 3.05) is 19.8 Å². The largest absolute Gasteiger partial charge is 0.380 e. The van der Waals surface area contributed by atoms with Crippen LogP contribution in [-0.2, 0) is 11.8 Å². The third-order valence-electron chi connectivity index (χ3n) is 2.21. The van der Waals surface area contributed by atoms with Gasteiger partial charge in [0.25, 0.3) is 0 Å². The molecule has 0 bridgehead atoms. The number of aryl methyl sites for hydroxylation is 1. The van der Waals surface area contributed by atoms with Crippen LogP contribution in [0.4, 0.5) is 0 Å². The predicted octanol–water partition coefficient (Wildman–Crippen LogP) is 1.87. The first-order chi connectivity index (χ1) is 7.20. The second kappa shape index (κ2) is 6.25. The van der Waals surface area contributed by atoms with Crippen LogP contribution >= 0.6 is 15.9 Å². The Morgan fingerprint density at radius 2 is 2.33 bits per heavy atom. The first kappa shape index (κ1) is 12.7. The van der Waals surface area contributed by atoms with E-state index in [1.54, 1.807) is 0 Å². The summed E-state index contributed by atoms with van der Waals surface area (Å²) in [6.07, 6.45) is 1.81. The van der Waals surface area contributed by atoms with E-state index in [1.807, 2.05) is 24.9 Å². The molecule has 1 heterocycles. The number of hydrogen-bond donors (Lipinski definition) is 1. The summed E-state index contributed by atoms with van der Waals surface area (Å²) >= 11 is 3.50. The van der Waals surface area contributed by atoms with E-state index in [9.17, 15) is 0 Å². The van der Waals surface area contributed by atoms with Crippen LogP contribution in [0.5, 0.6) is 0 Å². The lowest BCUT2D eigenvalue weighted by atomic mass is 10.2. The zero-order valence-corrected chi connectivity index (χ0v) is 11.0. The van der Waals surface area contributed by atoms with Gasteiger partial charge in [-0.2, -0.15) is 5.10 Å². The molecule has 0 spiro atoms. The molecule has 0 saturated carbocycles. The Morgan fingerprint density at radius 1 is 1.60 bits per heavy atom. The molecule has 4 nitrogen and oxygen atoms in total. The van der Waals surface area contributed by atoms with Gasteiger partial charge in [-0.15, -0.1) is 0 Å². The van der Waals surface area contributed by atoms with Crippen molar-refractivity contribution in [3.63, 3.8) is 0 Å². The molecule has 1 unspecified atom stereocenters. The fraction of sp³-hybridized carbons (Fsp3) is 0.700. The van der Waals surface area contributed by atoms with E-state index in [2.05, 4.69) is 33.3 Å². The van der Waals surface area contributed by atoms with Gasteiger partial charge in [-0.3, -0.25) is 4.68 Å². The topological polar surface area (TPSA) is 39.1 Å². The number of nitrogens with one attached hydrogen (secondary N) is 1. The summed E-state index contributed by atoms with van der Waals surface area (Å²) in [5, 5.41) is 7.59. The number of hydrogen-bond acceptors (Lipinski definition) is 3. The van der Waals surface area contributed by atoms with Gasteiger partial charge in [-0.1, -0.05) is 6.92 Å². The maximum absolute atomic E-state index is 5.46. The minimum Gasteiger partial charge on any atom is -0.380 e. The lowest BCUT2D eigenvalue weighted by Gasteiger charge is -2.18. The van der Waals surface area contributed by atoms with Crippen LogP contribution in [0.25, 0.3) is 0 Å². The Kier molecular flexibility index (Phi) is 5.28. The van der Waals surface area contributed by atoms with Crippen LogP contribution in [0.2, 0.25) is 0 Å². The number of likely N-dealkylation sites (N-methyl/N-ethyl adjacent to an activating group) is 1. The monoisotopic (exact) mass is 275 g/mol. The summed E-state index contributed by atoms with van der Waals surface area (Å²) in [5.41, 5.74) is 1.13. The normalized spacial score (nSPS) is 13.1. The lowest BCUT2D eigenvalue weighted by Crippen LogP contribution is -2.27. The molecule has 0 aromatic carbocycles. The Hall–Kier alpha value is -0.390. The quantitative estimate of drug-likeness (QED) is 0.862. The Morgan fingerprint density at radius 3 is 2.80 bits per heavy atom. The first-order valence-corrected chi connectivity index (χ1v) is 5.98. The average molecular weight is 276 g/mol. The fourth-order valence-corrected chi connectivity index (χ4v) is 2.15. The third-order valence-corrected chi connectivity index (χ3v) is 2.82. The summed E-state index contributed by atoms with van der Waals surface area (Å²) in [6, 6.07) is 0.192. The molecule has 86 valence electrons. The molecule has 0 aliphatic carbocycles. The standard InChI is InChI=1S/C10H18BrN3O/c1-4-12-9(7-15-5-2)10-8(11)6-13-14(10)3/h6,9,12H,4-5,7H2,1-3H3. The van der Waals surface area contributed by atoms with Gasteiger partial charge in [0.2, 0.25) is 0 Å². The van der Waals surface area contributed by atoms with E-state index in [0.717, 1.165) is 23.3 Å². The van der Waals surface area contributed by atoms with Gasteiger partial charge >= 0.3 is 0 Å². The summed E-state index contributed by atoms with van der Waals surface area (Å²) in [6.45, 7) is 6.40. The Labute approximate surface area is 99.1 Å². The summed E-state index contributed by atoms with van der Waals surface area (Å²) in [4.78, 5) is 0. The van der Waals surface area contributed by atoms with E-state index in [0.29, 0.717) is 6.61 Å². The zero-order chi connectivity index (χ0) is 11.3. The summed E-state index contributed by atoms with van der Waals surface area (Å²) < 4.78 is 8.35. The lowest BCUT2D eigenvalue weighted by molar-refractivity contribution is 0.121. The van der Waals surface area contributed by atoms with Gasteiger partial charge in [0.05, 0.1) is 29.0 Å². The molecule has 1 atom stereocenters. The van der Waals surface area contributed by atoms with Crippen molar-refractivity contribution >= 4 is 15.9 Å². The Bertz CT molecular complexity index is 281. The first-order valence-electron chi connectivity index (χ1n) is 5.19. The van der Waals surface area contributed by atoms with Crippen LogP contribution in [0.3, 0.4) is 0 Å². The van der Waals surface area contributed by atoms with Crippen molar-refractivity contribution < 1.29 is 4.74 Å². The summed E-state index contributed by atoms with van der Waals surface area (Å²) in [5.74, 6) is 0. The molecule has 1 rings (SSSR count). The van der Waals surface area contributed by atoms with Gasteiger partial charge in [0, 0.05) is 13.7 Å². The molecule has 1 aromatic rings. The molecule has 5 heteroatoms. The highest BCUT2D eigenvalue weighted by Crippen LogP contribution is 2.22. The van der Waals surface area contributed by atoms with Gasteiger partial charge in [0.15, 0.2) is 0 Å². The van der Waals surface area contributed by atoms with Crippen LogP contribution in [0.15, 0.2) is 10.7 Å². The van der Waals surface area contributed by atoms with E-state index in [-0.39, 0.29) is 6.04 Å². The van der Waals surface area contributed by atoms with Crippen molar-refractivity contribution in [2.24, 2.45) is 7.05 Å². The molecule has 0 fully saturated rings. The SMILES string of the molecule is CCNC(COCC)c1c(Br)cnn1C. The van der Waals surface area contributed by atoms with Gasteiger partial charge in [-0.05, 0) is 29.4 Å². The second-order valence-electron chi connectivity index (χ2n) is 3.27. The van der Waals surface area contributed by atoms with Crippen molar-refractivity contribution in [1.29, 1.82) is 0 Å². The molecule has 0 amide bonds. The highest BCUT2D eigenvalue weighted by Gasteiger charge is 2.17. The molecule has 15 heavy (non-hydrogen) atoms.